The second kappa shape index (κ2) is 4.78. The molecule has 0 aliphatic carbocycles. The van der Waals surface area contributed by atoms with Gasteiger partial charge in [-0.2, -0.15) is 0 Å². The lowest BCUT2D eigenvalue weighted by Gasteiger charge is -2.06. The number of furan rings is 1. The van der Waals surface area contributed by atoms with Gasteiger partial charge in [-0.15, -0.1) is 0 Å². The maximum Gasteiger partial charge on any atom is 0.134 e. The molecular formula is C20H16O. The summed E-state index contributed by atoms with van der Waals surface area (Å²) in [5, 5.41) is 5.03. The molecule has 0 saturated carbocycles. The molecule has 1 nitrogen and oxygen atoms in total. The molecule has 0 N–H and O–H groups in total. The molecule has 1 aromatic heterocycles. The second-order valence-electron chi connectivity index (χ2n) is 5.35. The highest BCUT2D eigenvalue weighted by atomic mass is 16.3. The average molecular weight is 272 g/mol. The van der Waals surface area contributed by atoms with Crippen molar-refractivity contribution in [2.75, 3.05) is 0 Å². The van der Waals surface area contributed by atoms with Crippen molar-refractivity contribution in [3.05, 3.63) is 72.5 Å². The first-order valence-electron chi connectivity index (χ1n) is 7.36. The van der Waals surface area contributed by atoms with Gasteiger partial charge < -0.3 is 4.42 Å². The van der Waals surface area contributed by atoms with Crippen molar-refractivity contribution < 1.29 is 4.42 Å². The van der Waals surface area contributed by atoms with Crippen molar-refractivity contribution in [1.82, 2.24) is 0 Å². The summed E-state index contributed by atoms with van der Waals surface area (Å²) in [5.74, 6) is 1.98. The van der Waals surface area contributed by atoms with Gasteiger partial charge in [-0.1, -0.05) is 49.4 Å². The molecule has 0 amide bonds. The summed E-state index contributed by atoms with van der Waals surface area (Å²) in [6, 6.07) is 23.5. The standard InChI is InChI=1S/C20H16O/c1-2-17-10-11-20(21-17)18-9-5-8-16-12-14-6-3-4-7-15(14)13-19(16)18/h3-13H,2H2,1H3. The first-order chi connectivity index (χ1) is 10.3. The minimum Gasteiger partial charge on any atom is -0.461 e. The van der Waals surface area contributed by atoms with Gasteiger partial charge >= 0.3 is 0 Å². The number of aryl methyl sites for hydroxylation is 1. The highest BCUT2D eigenvalue weighted by Crippen LogP contribution is 2.32. The van der Waals surface area contributed by atoms with Gasteiger partial charge in [0.2, 0.25) is 0 Å². The smallest absolute Gasteiger partial charge is 0.134 e. The molecule has 102 valence electrons. The SMILES string of the molecule is CCc1ccc(-c2cccc3cc4ccccc4cc23)o1. The van der Waals surface area contributed by atoms with E-state index in [4.69, 9.17) is 4.42 Å². The highest BCUT2D eigenvalue weighted by molar-refractivity contribution is 6.04. The van der Waals surface area contributed by atoms with Crippen molar-refractivity contribution in [2.45, 2.75) is 13.3 Å². The molecule has 1 heteroatoms. The number of hydrogen-bond acceptors (Lipinski definition) is 1. The van der Waals surface area contributed by atoms with Crippen LogP contribution in [0.5, 0.6) is 0 Å². The molecule has 0 bridgehead atoms. The Morgan fingerprint density at radius 1 is 0.762 bits per heavy atom. The van der Waals surface area contributed by atoms with Crippen LogP contribution in [0.3, 0.4) is 0 Å². The van der Waals surface area contributed by atoms with Gasteiger partial charge in [-0.3, -0.25) is 0 Å². The second-order valence-corrected chi connectivity index (χ2v) is 5.35. The molecule has 0 spiro atoms. The summed E-state index contributed by atoms with van der Waals surface area (Å²) in [7, 11) is 0. The van der Waals surface area contributed by atoms with Crippen LogP contribution in [0, 0.1) is 0 Å². The van der Waals surface area contributed by atoms with Crippen molar-refractivity contribution in [1.29, 1.82) is 0 Å². The largest absolute Gasteiger partial charge is 0.461 e. The fourth-order valence-corrected chi connectivity index (χ4v) is 2.89. The Balaban J connectivity index is 2.02. The highest BCUT2D eigenvalue weighted by Gasteiger charge is 2.08. The van der Waals surface area contributed by atoms with Crippen LogP contribution in [0.4, 0.5) is 0 Å². The van der Waals surface area contributed by atoms with Crippen molar-refractivity contribution in [2.24, 2.45) is 0 Å². The lowest BCUT2D eigenvalue weighted by atomic mass is 9.99. The van der Waals surface area contributed by atoms with Crippen LogP contribution in [0.2, 0.25) is 0 Å². The first kappa shape index (κ1) is 12.2. The third kappa shape index (κ3) is 2.02. The predicted molar refractivity (Wildman–Crippen MR) is 88.5 cm³/mol. The first-order valence-corrected chi connectivity index (χ1v) is 7.36. The summed E-state index contributed by atoms with van der Waals surface area (Å²) >= 11 is 0. The predicted octanol–water partition coefficient (Wildman–Crippen LogP) is 5.82. The Morgan fingerprint density at radius 2 is 1.52 bits per heavy atom. The Bertz CT molecular complexity index is 931. The maximum atomic E-state index is 5.94. The van der Waals surface area contributed by atoms with Crippen molar-refractivity contribution in [3.63, 3.8) is 0 Å². The molecule has 0 radical (unpaired) electrons. The molecule has 21 heavy (non-hydrogen) atoms. The molecule has 0 aliphatic heterocycles. The fraction of sp³-hybridized carbons (Fsp3) is 0.100. The molecule has 4 rings (SSSR count). The quantitative estimate of drug-likeness (QED) is 0.419. The molecule has 4 aromatic rings. The van der Waals surface area contributed by atoms with Gasteiger partial charge in [0.1, 0.15) is 11.5 Å². The molecule has 0 saturated heterocycles. The van der Waals surface area contributed by atoms with Crippen LogP contribution in [-0.4, -0.2) is 0 Å². The maximum absolute atomic E-state index is 5.94. The van der Waals surface area contributed by atoms with Gasteiger partial charge in [0.15, 0.2) is 0 Å². The molecule has 0 unspecified atom stereocenters. The summed E-state index contributed by atoms with van der Waals surface area (Å²) in [6.45, 7) is 2.11. The van der Waals surface area contributed by atoms with E-state index in [0.717, 1.165) is 23.5 Å². The van der Waals surface area contributed by atoms with E-state index in [2.05, 4.69) is 73.7 Å². The van der Waals surface area contributed by atoms with Crippen LogP contribution in [-0.2, 0) is 6.42 Å². The van der Waals surface area contributed by atoms with E-state index in [1.807, 2.05) is 0 Å². The molecule has 0 atom stereocenters. The van der Waals surface area contributed by atoms with Crippen LogP contribution >= 0.6 is 0 Å². The van der Waals surface area contributed by atoms with Crippen molar-refractivity contribution in [3.8, 4) is 11.3 Å². The average Bonchev–Trinajstić information content (AvgIpc) is 3.01. The van der Waals surface area contributed by atoms with E-state index < -0.39 is 0 Å². The van der Waals surface area contributed by atoms with Crippen LogP contribution in [0.1, 0.15) is 12.7 Å². The minimum absolute atomic E-state index is 0.924. The van der Waals surface area contributed by atoms with E-state index in [1.54, 1.807) is 0 Å². The normalized spacial score (nSPS) is 11.3. The van der Waals surface area contributed by atoms with E-state index in [-0.39, 0.29) is 0 Å². The fourth-order valence-electron chi connectivity index (χ4n) is 2.89. The van der Waals surface area contributed by atoms with Gasteiger partial charge in [-0.25, -0.2) is 0 Å². The molecule has 0 aliphatic rings. The number of benzene rings is 3. The zero-order valence-electron chi connectivity index (χ0n) is 12.0. The summed E-state index contributed by atoms with van der Waals surface area (Å²) < 4.78 is 5.94. The number of rotatable bonds is 2. The van der Waals surface area contributed by atoms with Gasteiger partial charge in [0.05, 0.1) is 0 Å². The van der Waals surface area contributed by atoms with Gasteiger partial charge in [0.25, 0.3) is 0 Å². The Kier molecular flexibility index (Phi) is 2.78. The molecule has 3 aromatic carbocycles. The third-order valence-electron chi connectivity index (χ3n) is 4.02. The van der Waals surface area contributed by atoms with E-state index in [1.165, 1.54) is 21.5 Å². The number of fused-ring (bicyclic) bond motifs is 2. The Morgan fingerprint density at radius 3 is 2.29 bits per heavy atom. The van der Waals surface area contributed by atoms with E-state index in [0.29, 0.717) is 0 Å². The van der Waals surface area contributed by atoms with E-state index >= 15 is 0 Å². The zero-order chi connectivity index (χ0) is 14.2. The minimum atomic E-state index is 0.924. The number of hydrogen-bond donors (Lipinski definition) is 0. The molecular weight excluding hydrogens is 256 g/mol. The topological polar surface area (TPSA) is 13.1 Å². The summed E-state index contributed by atoms with van der Waals surface area (Å²) in [4.78, 5) is 0. The van der Waals surface area contributed by atoms with Crippen LogP contribution < -0.4 is 0 Å². The van der Waals surface area contributed by atoms with Crippen LogP contribution in [0.15, 0.2) is 71.1 Å². The van der Waals surface area contributed by atoms with Gasteiger partial charge in [0, 0.05) is 12.0 Å². The lowest BCUT2D eigenvalue weighted by molar-refractivity contribution is 0.530. The summed E-state index contributed by atoms with van der Waals surface area (Å²) in [6.07, 6.45) is 0.924. The zero-order valence-corrected chi connectivity index (χ0v) is 12.0. The molecule has 0 fully saturated rings. The molecule has 1 heterocycles. The van der Waals surface area contributed by atoms with Crippen LogP contribution in [0.25, 0.3) is 32.9 Å². The monoisotopic (exact) mass is 272 g/mol. The van der Waals surface area contributed by atoms with Gasteiger partial charge in [-0.05, 0) is 45.8 Å². The third-order valence-corrected chi connectivity index (χ3v) is 4.02. The Hall–Kier alpha value is -2.54. The van der Waals surface area contributed by atoms with Crippen molar-refractivity contribution >= 4 is 21.5 Å². The van der Waals surface area contributed by atoms with E-state index in [9.17, 15) is 0 Å². The Labute approximate surface area is 123 Å². The lowest BCUT2D eigenvalue weighted by Crippen LogP contribution is -1.81. The summed E-state index contributed by atoms with van der Waals surface area (Å²) in [5.41, 5.74) is 1.16.